The minimum atomic E-state index is -1.95. The number of nitrogens with one attached hydrogen (secondary N) is 4. The number of aromatic amines is 3. The summed E-state index contributed by atoms with van der Waals surface area (Å²) in [7, 11) is 2.90. The minimum Gasteiger partial charge on any atom is -0.381 e. The van der Waals surface area contributed by atoms with Crippen LogP contribution in [0, 0.1) is 10.5 Å². The smallest absolute Gasteiger partial charge is 0.381 e. The number of aromatic hydroxyl groups is 2. The zero-order chi connectivity index (χ0) is 33.2. The summed E-state index contributed by atoms with van der Waals surface area (Å²) in [6, 6.07) is 3.52. The number of fused-ring (bicyclic) bond motifs is 9. The molecule has 0 saturated carbocycles. The van der Waals surface area contributed by atoms with Crippen molar-refractivity contribution in [3.63, 3.8) is 0 Å². The summed E-state index contributed by atoms with van der Waals surface area (Å²) in [4.78, 5) is 53.8. The first kappa shape index (κ1) is 29.1. The molecule has 13 nitrogen and oxygen atoms in total. The number of carbonyl (C=O) groups excluding carboxylic acids is 3. The molecule has 2 aromatic carbocycles. The van der Waals surface area contributed by atoms with Crippen molar-refractivity contribution in [2.75, 3.05) is 48.5 Å². The SMILES string of the molecule is COc1c(O)c2c(c3cc(C(=O)N4CCc5c4c(O)c(OC)c4[nH]c(C(=O)N6CCI7C6=CC(=O)c6[nH]cc(C)c67)cc54)[nH]c13)CCN2. The second-order valence-corrected chi connectivity index (χ2v) is 17.6. The van der Waals surface area contributed by atoms with Crippen molar-refractivity contribution in [2.45, 2.75) is 19.8 Å². The van der Waals surface area contributed by atoms with E-state index >= 15 is 0 Å². The number of ketones is 1. The maximum atomic E-state index is 14.1. The first-order valence-corrected chi connectivity index (χ1v) is 19.3. The van der Waals surface area contributed by atoms with E-state index in [1.54, 1.807) is 23.1 Å². The first-order valence-electron chi connectivity index (χ1n) is 15.6. The number of carbonyl (C=O) groups is 3. The van der Waals surface area contributed by atoms with Crippen LogP contribution in [0.1, 0.15) is 48.2 Å². The van der Waals surface area contributed by atoms with E-state index in [0.29, 0.717) is 71.7 Å². The van der Waals surface area contributed by atoms with E-state index in [9.17, 15) is 24.6 Å². The number of nitrogens with zero attached hydrogens (tertiary/aromatic N) is 2. The molecule has 5 aromatic rings. The van der Waals surface area contributed by atoms with E-state index in [2.05, 4.69) is 20.3 Å². The van der Waals surface area contributed by atoms with Crippen molar-refractivity contribution in [3.8, 4) is 23.0 Å². The van der Waals surface area contributed by atoms with E-state index in [-0.39, 0.29) is 46.3 Å². The molecule has 0 atom stereocenters. The monoisotopic (exact) mass is 762 g/mol. The van der Waals surface area contributed by atoms with E-state index in [4.69, 9.17) is 9.47 Å². The van der Waals surface area contributed by atoms with Gasteiger partial charge < -0.3 is 15.2 Å². The molecule has 0 radical (unpaired) electrons. The Balaban J connectivity index is 1.10. The van der Waals surface area contributed by atoms with Crippen molar-refractivity contribution >= 4 is 70.6 Å². The average molecular weight is 763 g/mol. The Morgan fingerprint density at radius 2 is 1.56 bits per heavy atom. The van der Waals surface area contributed by atoms with Gasteiger partial charge in [0.2, 0.25) is 0 Å². The second-order valence-electron chi connectivity index (χ2n) is 12.3. The summed E-state index contributed by atoms with van der Waals surface area (Å²) < 4.78 is 14.0. The molecule has 48 heavy (non-hydrogen) atoms. The summed E-state index contributed by atoms with van der Waals surface area (Å²) in [5.41, 5.74) is 5.86. The number of rotatable bonds is 4. The number of allylic oxidation sites excluding steroid dienone is 1. The quantitative estimate of drug-likeness (QED) is 0.0658. The number of halogens is 1. The number of hydrogen-bond donors (Lipinski definition) is 6. The van der Waals surface area contributed by atoms with Gasteiger partial charge in [0.25, 0.3) is 0 Å². The van der Waals surface area contributed by atoms with E-state index in [1.165, 1.54) is 19.1 Å². The normalized spacial score (nSPS) is 17.0. The maximum absolute atomic E-state index is 14.1. The fraction of sp³-hybridized carbons (Fsp3) is 0.265. The number of phenolic OH excluding ortho intramolecular Hbond substituents is 2. The number of aryl methyl sites for hydroxylation is 1. The van der Waals surface area contributed by atoms with Gasteiger partial charge in [-0.05, 0) is 12.0 Å². The van der Waals surface area contributed by atoms with Gasteiger partial charge in [-0.15, -0.1) is 0 Å². The van der Waals surface area contributed by atoms with E-state index in [1.807, 2.05) is 13.1 Å². The molecule has 1 fully saturated rings. The molecular weight excluding hydrogens is 731 g/mol. The van der Waals surface area contributed by atoms with E-state index in [0.717, 1.165) is 33.8 Å². The van der Waals surface area contributed by atoms with Crippen LogP contribution in [0.25, 0.3) is 21.8 Å². The molecule has 9 rings (SSSR count). The Kier molecular flexibility index (Phi) is 6.17. The van der Waals surface area contributed by atoms with E-state index < -0.39 is 19.8 Å². The van der Waals surface area contributed by atoms with Crippen molar-refractivity contribution in [3.05, 3.63) is 65.5 Å². The number of H-pyrrole nitrogens is 3. The number of methoxy groups -OCH3 is 2. The predicted molar refractivity (Wildman–Crippen MR) is 187 cm³/mol. The number of hydrogen-bond acceptors (Lipinski definition) is 8. The fourth-order valence-corrected chi connectivity index (χ4v) is 14.4. The van der Waals surface area contributed by atoms with Gasteiger partial charge in [0.05, 0.1) is 18.3 Å². The Morgan fingerprint density at radius 3 is 2.27 bits per heavy atom. The fourth-order valence-electron chi connectivity index (χ4n) is 7.70. The standard InChI is InChI=1S/C34H31IN6O7/c1-14-13-37-27-21(42)12-22-35(23(14)27)6-9-40(22)33(45)19-11-18-16-5-8-41(28(16)30(44)32(48-3)26(18)38-19)34(46)20-10-17-15-4-7-36-24(15)29(43)31(47-2)25(17)39-20/h10-13,36-39,43-44H,4-9H2,1-3H3. The average Bonchev–Trinajstić information content (AvgIpc) is 3.92. The predicted octanol–water partition coefficient (Wildman–Crippen LogP) is 4.75. The number of phenols is 2. The molecule has 4 aliphatic heterocycles. The van der Waals surface area contributed by atoms with Crippen LogP contribution in [0.2, 0.25) is 0 Å². The van der Waals surface area contributed by atoms with Crippen molar-refractivity contribution < 1.29 is 34.1 Å². The Morgan fingerprint density at radius 1 is 0.896 bits per heavy atom. The Bertz CT molecular complexity index is 2320. The van der Waals surface area contributed by atoms with Crippen molar-refractivity contribution in [2.24, 2.45) is 0 Å². The van der Waals surface area contributed by atoms with Crippen LogP contribution in [0.5, 0.6) is 23.0 Å². The molecule has 2 amide bonds. The molecule has 6 N–H and O–H groups in total. The third-order valence-corrected chi connectivity index (χ3v) is 16.3. The molecule has 0 unspecified atom stereocenters. The molecule has 0 aliphatic carbocycles. The van der Waals surface area contributed by atoms with Crippen LogP contribution in [0.3, 0.4) is 0 Å². The number of aromatic nitrogens is 3. The summed E-state index contributed by atoms with van der Waals surface area (Å²) in [5, 5.41) is 27.0. The van der Waals surface area contributed by atoms with Crippen LogP contribution >= 0.6 is 19.8 Å². The van der Waals surface area contributed by atoms with Crippen molar-refractivity contribution in [1.29, 1.82) is 0 Å². The molecule has 0 bridgehead atoms. The summed E-state index contributed by atoms with van der Waals surface area (Å²) >= 11 is -1.95. The van der Waals surface area contributed by atoms with Crippen LogP contribution in [0.15, 0.2) is 28.1 Å². The molecule has 0 spiro atoms. The topological polar surface area (TPSA) is 176 Å². The molecular formula is C34H31IN6O7. The molecule has 3 aromatic heterocycles. The number of amides is 2. The molecule has 1 saturated heterocycles. The first-order chi connectivity index (χ1) is 23.2. The van der Waals surface area contributed by atoms with Gasteiger partial charge in [0.15, 0.2) is 11.5 Å². The van der Waals surface area contributed by atoms with Crippen LogP contribution in [0.4, 0.5) is 11.4 Å². The van der Waals surface area contributed by atoms with Crippen LogP contribution in [-0.4, -0.2) is 85.9 Å². The van der Waals surface area contributed by atoms with Crippen LogP contribution < -0.4 is 19.7 Å². The van der Waals surface area contributed by atoms with Gasteiger partial charge in [0, 0.05) is 11.9 Å². The van der Waals surface area contributed by atoms with Gasteiger partial charge in [0.1, 0.15) is 0 Å². The van der Waals surface area contributed by atoms with Gasteiger partial charge in [-0.3, -0.25) is 0 Å². The number of ether oxygens (including phenoxy) is 2. The summed E-state index contributed by atoms with van der Waals surface area (Å²) in [5.74, 6) is -0.553. The Hall–Kier alpha value is -5.12. The molecule has 246 valence electrons. The zero-order valence-electron chi connectivity index (χ0n) is 26.3. The van der Waals surface area contributed by atoms with Gasteiger partial charge in [-0.25, -0.2) is 0 Å². The third-order valence-electron chi connectivity index (χ3n) is 9.82. The molecule has 7 heterocycles. The number of alkyl halides is 1. The summed E-state index contributed by atoms with van der Waals surface area (Å²) in [6.45, 7) is 3.48. The third kappa shape index (κ3) is 3.74. The number of benzene rings is 2. The zero-order valence-corrected chi connectivity index (χ0v) is 28.4. The number of anilines is 2. The Labute approximate surface area is 280 Å². The second kappa shape index (κ2) is 10.2. The molecule has 14 heteroatoms. The minimum absolute atomic E-state index is 0.00439. The summed E-state index contributed by atoms with van der Waals surface area (Å²) in [6.07, 6.45) is 4.62. The van der Waals surface area contributed by atoms with Crippen molar-refractivity contribution in [1.82, 2.24) is 19.9 Å². The van der Waals surface area contributed by atoms with Gasteiger partial charge in [-0.2, -0.15) is 0 Å². The van der Waals surface area contributed by atoms with Gasteiger partial charge in [-0.1, -0.05) is 0 Å². The molecule has 4 aliphatic rings. The van der Waals surface area contributed by atoms with Crippen LogP contribution in [-0.2, 0) is 12.8 Å². The van der Waals surface area contributed by atoms with Gasteiger partial charge >= 0.3 is 212 Å².